The van der Waals surface area contributed by atoms with Crippen molar-refractivity contribution in [3.63, 3.8) is 0 Å². The molecule has 3 atom stereocenters. The molecule has 0 aliphatic heterocycles. The number of aromatic nitrogens is 5. The number of nitrogens with zero attached hydrogens (tertiary/aromatic N) is 6. The van der Waals surface area contributed by atoms with E-state index in [2.05, 4.69) is 32.3 Å². The van der Waals surface area contributed by atoms with E-state index in [0.29, 0.717) is 12.3 Å². The lowest BCUT2D eigenvalue weighted by molar-refractivity contribution is -0.148. The number of pyridine rings is 1. The van der Waals surface area contributed by atoms with Crippen molar-refractivity contribution in [1.82, 2.24) is 29.9 Å². The summed E-state index contributed by atoms with van der Waals surface area (Å²) in [5.41, 5.74) is -6.42. The van der Waals surface area contributed by atoms with E-state index < -0.39 is 164 Å². The molecule has 0 spiro atoms. The second kappa shape index (κ2) is 17.0. The zero-order valence-corrected chi connectivity index (χ0v) is 38.0. The third-order valence-electron chi connectivity index (χ3n) is 11.2. The van der Waals surface area contributed by atoms with Crippen LogP contribution >= 0.6 is 11.6 Å². The lowest BCUT2D eigenvalue weighted by atomic mass is 9.93. The fourth-order valence-electron chi connectivity index (χ4n) is 7.89. The van der Waals surface area contributed by atoms with E-state index >= 15 is 8.78 Å². The highest BCUT2D eigenvalue weighted by atomic mass is 35.5. The van der Waals surface area contributed by atoms with Gasteiger partial charge in [-0.3, -0.25) is 19.0 Å². The molecule has 1 saturated carbocycles. The minimum absolute atomic E-state index is 0.113. The second-order valence-electron chi connectivity index (χ2n) is 16.7. The maximum absolute atomic E-state index is 15.5. The molecule has 2 aliphatic carbocycles. The van der Waals surface area contributed by atoms with E-state index in [9.17, 15) is 71.4 Å². The Labute approximate surface area is 388 Å². The molecule has 2 amide bonds. The number of sulfonamides is 1. The van der Waals surface area contributed by atoms with Crippen molar-refractivity contribution in [2.75, 3.05) is 16.8 Å². The third-order valence-corrected chi connectivity index (χ3v) is 14.5. The number of alkyl halides is 8. The van der Waals surface area contributed by atoms with Gasteiger partial charge in [0.15, 0.2) is 21.3 Å². The van der Waals surface area contributed by atoms with Gasteiger partial charge in [-0.25, -0.2) is 35.4 Å². The van der Waals surface area contributed by atoms with Gasteiger partial charge in [-0.05, 0) is 74.4 Å². The van der Waals surface area contributed by atoms with Gasteiger partial charge in [0.1, 0.15) is 40.9 Å². The Morgan fingerprint density at radius 3 is 2.14 bits per heavy atom. The van der Waals surface area contributed by atoms with Crippen LogP contribution in [0.2, 0.25) is 5.02 Å². The molecule has 0 radical (unpaired) electrons. The maximum Gasteiger partial charge on any atom is 0.435 e. The van der Waals surface area contributed by atoms with Crippen LogP contribution < -0.4 is 9.62 Å². The summed E-state index contributed by atoms with van der Waals surface area (Å²) in [6.45, 7) is -0.987. The minimum atomic E-state index is -5.24. The molecule has 1 fully saturated rings. The van der Waals surface area contributed by atoms with Gasteiger partial charge in [0.2, 0.25) is 15.9 Å². The number of nitrogens with one attached hydrogen (secondary N) is 1. The van der Waals surface area contributed by atoms with Crippen LogP contribution in [0.3, 0.4) is 0 Å². The normalized spacial score (nSPS) is 17.1. The first-order valence-corrected chi connectivity index (χ1v) is 23.8. The number of anilines is 1. The first kappa shape index (κ1) is 50.6. The largest absolute Gasteiger partial charge is 0.474 e. The Balaban J connectivity index is 1.50. The van der Waals surface area contributed by atoms with Crippen molar-refractivity contribution < 1.29 is 80.2 Å². The van der Waals surface area contributed by atoms with Crippen molar-refractivity contribution >= 4 is 66.0 Å². The summed E-state index contributed by atoms with van der Waals surface area (Å²) in [6.07, 6.45) is -10.3. The molecule has 1 unspecified atom stereocenters. The number of halogens is 11. The van der Waals surface area contributed by atoms with E-state index in [1.165, 1.54) is 13.8 Å². The molecule has 3 heterocycles. The summed E-state index contributed by atoms with van der Waals surface area (Å²) in [4.78, 5) is 43.2. The van der Waals surface area contributed by atoms with E-state index in [1.807, 2.05) is 0 Å². The number of aliphatic carboxylic acids is 1. The molecule has 2 N–H and O–H groups in total. The average molecular weight is 1040 g/mol. The maximum atomic E-state index is 15.5. The summed E-state index contributed by atoms with van der Waals surface area (Å²) >= 11 is 6.46. The van der Waals surface area contributed by atoms with Crippen molar-refractivity contribution in [3.8, 4) is 23.0 Å². The van der Waals surface area contributed by atoms with Crippen LogP contribution in [0.4, 0.5) is 49.7 Å². The molecule has 3 aromatic heterocycles. The molecular formula is C41H32ClF10N7O8S2. The van der Waals surface area contributed by atoms with Gasteiger partial charge in [-0.15, -0.1) is 0 Å². The number of sulfone groups is 1. The highest BCUT2D eigenvalue weighted by Gasteiger charge is 2.68. The van der Waals surface area contributed by atoms with Crippen LogP contribution in [0.25, 0.3) is 22.0 Å². The summed E-state index contributed by atoms with van der Waals surface area (Å²) in [5, 5.41) is 17.5. The van der Waals surface area contributed by atoms with Crippen molar-refractivity contribution in [2.45, 2.75) is 74.8 Å². The number of hydrogen-bond acceptors (Lipinski definition) is 10. The molecule has 0 saturated heterocycles. The smallest absolute Gasteiger partial charge is 0.435 e. The zero-order valence-electron chi connectivity index (χ0n) is 35.6. The van der Waals surface area contributed by atoms with Gasteiger partial charge in [0, 0.05) is 34.9 Å². The third kappa shape index (κ3) is 9.82. The van der Waals surface area contributed by atoms with Crippen molar-refractivity contribution in [1.29, 1.82) is 0 Å². The predicted octanol–water partition coefficient (Wildman–Crippen LogP) is 6.67. The highest BCUT2D eigenvalue weighted by Crippen LogP contribution is 2.68. The number of amides is 2. The molecule has 5 aromatic rings. The summed E-state index contributed by atoms with van der Waals surface area (Å²) in [5.74, 6) is -11.1. The van der Waals surface area contributed by atoms with Gasteiger partial charge in [0.25, 0.3) is 5.92 Å². The molecule has 368 valence electrons. The summed E-state index contributed by atoms with van der Waals surface area (Å²) in [6, 6.07) is 4.30. The number of rotatable bonds is 11. The molecule has 15 nitrogen and oxygen atoms in total. The Morgan fingerprint density at radius 1 is 0.957 bits per heavy atom. The molecule has 2 aromatic carbocycles. The Kier molecular flexibility index (Phi) is 12.5. The summed E-state index contributed by atoms with van der Waals surface area (Å²) in [7, 11) is -8.97. The molecule has 7 rings (SSSR count). The number of carbonyl (C=O) groups excluding carboxylic acids is 2. The molecule has 28 heteroatoms. The number of fused-ring (bicyclic) bond motifs is 4. The molecule has 69 heavy (non-hydrogen) atoms. The number of benzene rings is 2. The van der Waals surface area contributed by atoms with Crippen LogP contribution in [-0.2, 0) is 65.9 Å². The van der Waals surface area contributed by atoms with Gasteiger partial charge in [-0.1, -0.05) is 23.6 Å². The van der Waals surface area contributed by atoms with E-state index in [1.54, 1.807) is 0 Å². The van der Waals surface area contributed by atoms with Gasteiger partial charge in [0.05, 0.1) is 33.9 Å². The Bertz CT molecular complexity index is 3290. The molecule has 0 bridgehead atoms. The van der Waals surface area contributed by atoms with Crippen LogP contribution in [0.5, 0.6) is 0 Å². The van der Waals surface area contributed by atoms with Crippen LogP contribution in [0.1, 0.15) is 66.1 Å². The quantitative estimate of drug-likeness (QED) is 0.0813. The first-order valence-electron chi connectivity index (χ1n) is 19.7. The predicted molar refractivity (Wildman–Crippen MR) is 223 cm³/mol. The topological polar surface area (TPSA) is 204 Å². The lowest BCUT2D eigenvalue weighted by Crippen LogP contribution is -2.41. The number of carboxylic acid groups (broad SMARTS) is 1. The first-order chi connectivity index (χ1) is 31.6. The van der Waals surface area contributed by atoms with Gasteiger partial charge < -0.3 is 10.4 Å². The number of hydrogen-bond donors (Lipinski definition) is 2. The Morgan fingerprint density at radius 2 is 1.58 bits per heavy atom. The number of carboxylic acids is 1. The van der Waals surface area contributed by atoms with Crippen LogP contribution in [0.15, 0.2) is 42.5 Å². The van der Waals surface area contributed by atoms with Crippen LogP contribution in [-0.4, -0.2) is 87.7 Å². The van der Waals surface area contributed by atoms with E-state index in [0.717, 1.165) is 42.7 Å². The fourth-order valence-corrected chi connectivity index (χ4v) is 9.19. The monoisotopic (exact) mass is 1040 g/mol. The van der Waals surface area contributed by atoms with Crippen LogP contribution in [0, 0.1) is 29.4 Å². The molecule has 2 aliphatic rings. The minimum Gasteiger partial charge on any atom is -0.474 e. The number of carbonyl (C=O) groups is 3. The standard InChI is InChI=1S/C41H32ClF10N7O8S2/c1-38(2,68(3,64)65)10-9-21-5-6-22(23-7-8-26(42)30-32(23)58(17-39(45,46)47)56-35(30)59(69(4,66)67)36(61)37(62)63)31(53-21)27(13-18-11-19(43)14-20(44)12-18)54-28(60)16-57-34-29(33(55-57)41(50,51)52)24-15-25(24)40(34,48)49/h5-8,11-12,14,24-25,27H,13,15-17H2,1-4H3,(H,54,60)(H,62,63)/t24?,25-,27+/m1/s1. The van der Waals surface area contributed by atoms with E-state index in [-0.39, 0.29) is 32.6 Å². The Hall–Kier alpha value is -6.27. The second-order valence-corrected chi connectivity index (χ2v) is 21.5. The SMILES string of the molecule is CC(C)(C#Cc1ccc(-c2ccc(Cl)c3c(N(C(=O)C(=O)O)S(C)(=O)=O)nn(CC(F)(F)F)c23)c([C@H](Cc2cc(F)cc(F)c2)NC(=O)Cn2nc(C(F)(F)F)c3c2C(F)(F)[C@@H]2CC32)n1)S(C)(=O)=O. The van der Waals surface area contributed by atoms with Crippen molar-refractivity contribution in [2.24, 2.45) is 5.92 Å². The van der Waals surface area contributed by atoms with Gasteiger partial charge >= 0.3 is 24.2 Å². The average Bonchev–Trinajstić information content (AvgIpc) is 3.71. The zero-order chi connectivity index (χ0) is 51.3. The highest BCUT2D eigenvalue weighted by molar-refractivity contribution is 7.93. The van der Waals surface area contributed by atoms with E-state index in [4.69, 9.17) is 11.6 Å². The van der Waals surface area contributed by atoms with Crippen molar-refractivity contribution in [3.05, 3.63) is 93.0 Å². The van der Waals surface area contributed by atoms with Gasteiger partial charge in [-0.2, -0.15) is 49.6 Å². The fraction of sp³-hybridized carbons (Fsp3) is 0.366. The lowest BCUT2D eigenvalue weighted by Gasteiger charge is -2.23. The summed E-state index contributed by atoms with van der Waals surface area (Å²) < 4.78 is 195. The molecular weight excluding hydrogens is 1010 g/mol.